The van der Waals surface area contributed by atoms with E-state index in [0.717, 1.165) is 18.4 Å². The summed E-state index contributed by atoms with van der Waals surface area (Å²) in [4.78, 5) is 14.4. The predicted molar refractivity (Wildman–Crippen MR) is 62.7 cm³/mol. The normalized spacial score (nSPS) is 15.9. The molecule has 0 bridgehead atoms. The largest absolute Gasteiger partial charge is 0.496 e. The number of nitrogens with zero attached hydrogens (tertiary/aromatic N) is 1. The first-order chi connectivity index (χ1) is 8.66. The molecule has 1 saturated carbocycles. The van der Waals surface area contributed by atoms with Gasteiger partial charge in [0.25, 0.3) is 0 Å². The van der Waals surface area contributed by atoms with Crippen molar-refractivity contribution in [2.45, 2.75) is 25.0 Å². The topological polar surface area (TPSA) is 47.9 Å². The summed E-state index contributed by atoms with van der Waals surface area (Å²) in [5.41, 5.74) is 0.789. The van der Waals surface area contributed by atoms with E-state index in [1.807, 2.05) is 0 Å². The van der Waals surface area contributed by atoms with Gasteiger partial charge in [-0.2, -0.15) is 4.99 Å². The molecule has 1 aromatic rings. The summed E-state index contributed by atoms with van der Waals surface area (Å²) in [6, 6.07) is 2.69. The van der Waals surface area contributed by atoms with E-state index >= 15 is 0 Å². The third-order valence-electron chi connectivity index (χ3n) is 3.12. The van der Waals surface area contributed by atoms with Crippen LogP contribution in [0.4, 0.5) is 4.39 Å². The van der Waals surface area contributed by atoms with Crippen LogP contribution in [0.5, 0.6) is 5.75 Å². The molecule has 0 saturated heterocycles. The molecule has 0 radical (unpaired) electrons. The molecule has 0 aromatic heterocycles. The van der Waals surface area contributed by atoms with Crippen LogP contribution in [-0.2, 0) is 21.7 Å². The highest BCUT2D eigenvalue weighted by Gasteiger charge is 2.48. The lowest BCUT2D eigenvalue weighted by Crippen LogP contribution is -2.10. The Labute approximate surface area is 104 Å². The maximum Gasteiger partial charge on any atom is 0.235 e. The molecule has 0 aliphatic heterocycles. The average molecular weight is 251 g/mol. The Morgan fingerprint density at radius 3 is 2.67 bits per heavy atom. The number of aliphatic imine (C=N–C) groups is 1. The van der Waals surface area contributed by atoms with Crippen molar-refractivity contribution in [2.24, 2.45) is 4.99 Å². The summed E-state index contributed by atoms with van der Waals surface area (Å²) in [6.45, 7) is 0.250. The van der Waals surface area contributed by atoms with Crippen LogP contribution < -0.4 is 4.74 Å². The number of ether oxygens (including phenoxy) is 2. The molecule has 1 aromatic carbocycles. The molecule has 0 N–H and O–H groups in total. The number of carbonyl (C=O) groups excluding carboxylic acids is 1. The van der Waals surface area contributed by atoms with Gasteiger partial charge in [0.1, 0.15) is 17.1 Å². The van der Waals surface area contributed by atoms with Crippen molar-refractivity contribution in [3.63, 3.8) is 0 Å². The van der Waals surface area contributed by atoms with E-state index in [1.165, 1.54) is 26.4 Å². The van der Waals surface area contributed by atoms with Crippen molar-refractivity contribution >= 4 is 6.08 Å². The van der Waals surface area contributed by atoms with Gasteiger partial charge in [0.2, 0.25) is 6.08 Å². The fourth-order valence-electron chi connectivity index (χ4n) is 2.22. The molecule has 2 rings (SSSR count). The number of hydrogen-bond donors (Lipinski definition) is 0. The summed E-state index contributed by atoms with van der Waals surface area (Å²) in [5, 5.41) is 0. The molecule has 4 nitrogen and oxygen atoms in total. The van der Waals surface area contributed by atoms with Crippen LogP contribution in [0.15, 0.2) is 17.1 Å². The Bertz CT molecular complexity index is 505. The Balaban J connectivity index is 2.59. The molecule has 1 aliphatic rings. The molecule has 1 fully saturated rings. The fourth-order valence-corrected chi connectivity index (χ4v) is 2.22. The molecule has 0 heterocycles. The standard InChI is InChI=1S/C13H14FNO3/c1-17-7-9-5-10(14)6-11(18-2)12(9)13(3-4-13)15-8-16/h5-6H,3-4,7H2,1-2H3. The lowest BCUT2D eigenvalue weighted by molar-refractivity contribution is 0.182. The molecular formula is C13H14FNO3. The number of isocyanates is 1. The second-order valence-electron chi connectivity index (χ2n) is 4.31. The van der Waals surface area contributed by atoms with Gasteiger partial charge in [-0.1, -0.05) is 0 Å². The van der Waals surface area contributed by atoms with Crippen LogP contribution in [-0.4, -0.2) is 20.3 Å². The van der Waals surface area contributed by atoms with Crippen LogP contribution in [0.1, 0.15) is 24.0 Å². The third kappa shape index (κ3) is 2.15. The van der Waals surface area contributed by atoms with E-state index in [0.29, 0.717) is 11.3 Å². The van der Waals surface area contributed by atoms with E-state index in [-0.39, 0.29) is 6.61 Å². The lowest BCUT2D eigenvalue weighted by Gasteiger charge is -2.18. The Kier molecular flexibility index (Phi) is 3.45. The molecule has 0 unspecified atom stereocenters. The Morgan fingerprint density at radius 2 is 2.17 bits per heavy atom. The molecule has 0 spiro atoms. The highest BCUT2D eigenvalue weighted by molar-refractivity contribution is 5.51. The molecule has 96 valence electrons. The number of methoxy groups -OCH3 is 2. The summed E-state index contributed by atoms with van der Waals surface area (Å²) in [6.07, 6.45) is 3.06. The van der Waals surface area contributed by atoms with Crippen LogP contribution in [0.2, 0.25) is 0 Å². The first-order valence-corrected chi connectivity index (χ1v) is 5.61. The van der Waals surface area contributed by atoms with Crippen LogP contribution in [0.3, 0.4) is 0 Å². The molecule has 1 aliphatic carbocycles. The van der Waals surface area contributed by atoms with E-state index in [9.17, 15) is 9.18 Å². The molecule has 0 atom stereocenters. The zero-order valence-electron chi connectivity index (χ0n) is 10.3. The lowest BCUT2D eigenvalue weighted by atomic mass is 9.97. The van der Waals surface area contributed by atoms with Crippen molar-refractivity contribution in [3.05, 3.63) is 29.1 Å². The zero-order valence-corrected chi connectivity index (χ0v) is 10.3. The van der Waals surface area contributed by atoms with Gasteiger partial charge in [-0.25, -0.2) is 9.18 Å². The number of benzene rings is 1. The number of hydrogen-bond acceptors (Lipinski definition) is 4. The Hall–Kier alpha value is -1.71. The Morgan fingerprint density at radius 1 is 1.44 bits per heavy atom. The zero-order chi connectivity index (χ0) is 13.2. The average Bonchev–Trinajstić information content (AvgIpc) is 3.09. The maximum atomic E-state index is 13.5. The van der Waals surface area contributed by atoms with Crippen molar-refractivity contribution in [1.29, 1.82) is 0 Å². The van der Waals surface area contributed by atoms with Gasteiger partial charge in [0, 0.05) is 18.7 Å². The first kappa shape index (κ1) is 12.7. The van der Waals surface area contributed by atoms with Crippen LogP contribution in [0.25, 0.3) is 0 Å². The second-order valence-corrected chi connectivity index (χ2v) is 4.31. The molecule has 0 amide bonds. The minimum Gasteiger partial charge on any atom is -0.496 e. The summed E-state index contributed by atoms with van der Waals surface area (Å²) in [5.74, 6) is 0.00656. The van der Waals surface area contributed by atoms with E-state index in [4.69, 9.17) is 9.47 Å². The van der Waals surface area contributed by atoms with Gasteiger partial charge in [-0.3, -0.25) is 0 Å². The van der Waals surface area contributed by atoms with Gasteiger partial charge in [-0.05, 0) is 24.5 Å². The summed E-state index contributed by atoms with van der Waals surface area (Å²) in [7, 11) is 3.00. The smallest absolute Gasteiger partial charge is 0.235 e. The molecule has 5 heteroatoms. The van der Waals surface area contributed by atoms with Crippen LogP contribution >= 0.6 is 0 Å². The van der Waals surface area contributed by atoms with Gasteiger partial charge >= 0.3 is 0 Å². The predicted octanol–water partition coefficient (Wildman–Crippen LogP) is 2.31. The van der Waals surface area contributed by atoms with Crippen molar-refractivity contribution < 1.29 is 18.7 Å². The highest BCUT2D eigenvalue weighted by atomic mass is 19.1. The summed E-state index contributed by atoms with van der Waals surface area (Å²) < 4.78 is 23.7. The summed E-state index contributed by atoms with van der Waals surface area (Å²) >= 11 is 0. The quantitative estimate of drug-likeness (QED) is 0.596. The SMILES string of the molecule is COCc1cc(F)cc(OC)c1C1(N=C=O)CC1. The minimum atomic E-state index is -0.603. The van der Waals surface area contributed by atoms with E-state index < -0.39 is 11.4 Å². The van der Waals surface area contributed by atoms with Gasteiger partial charge < -0.3 is 9.47 Å². The maximum absolute atomic E-state index is 13.5. The van der Waals surface area contributed by atoms with Crippen molar-refractivity contribution in [3.8, 4) is 5.75 Å². The first-order valence-electron chi connectivity index (χ1n) is 5.61. The number of rotatable bonds is 5. The van der Waals surface area contributed by atoms with E-state index in [2.05, 4.69) is 4.99 Å². The minimum absolute atomic E-state index is 0.250. The third-order valence-corrected chi connectivity index (χ3v) is 3.12. The van der Waals surface area contributed by atoms with Gasteiger partial charge in [-0.15, -0.1) is 0 Å². The van der Waals surface area contributed by atoms with Gasteiger partial charge in [0.05, 0.1) is 13.7 Å². The highest BCUT2D eigenvalue weighted by Crippen LogP contribution is 2.53. The van der Waals surface area contributed by atoms with Crippen molar-refractivity contribution in [1.82, 2.24) is 0 Å². The number of halogens is 1. The van der Waals surface area contributed by atoms with Crippen LogP contribution in [0, 0.1) is 5.82 Å². The second kappa shape index (κ2) is 4.88. The molecular weight excluding hydrogens is 237 g/mol. The monoisotopic (exact) mass is 251 g/mol. The molecule has 18 heavy (non-hydrogen) atoms. The van der Waals surface area contributed by atoms with Crippen molar-refractivity contribution in [2.75, 3.05) is 14.2 Å². The fraction of sp³-hybridized carbons (Fsp3) is 0.462. The van der Waals surface area contributed by atoms with E-state index in [1.54, 1.807) is 6.08 Å². The van der Waals surface area contributed by atoms with Gasteiger partial charge in [0.15, 0.2) is 0 Å².